The Bertz CT molecular complexity index is 525. The molecule has 0 fully saturated rings. The summed E-state index contributed by atoms with van der Waals surface area (Å²) in [4.78, 5) is 3.46. The zero-order chi connectivity index (χ0) is 12.9. The number of halogens is 1. The van der Waals surface area contributed by atoms with Gasteiger partial charge in [-0.15, -0.1) is 0 Å². The van der Waals surface area contributed by atoms with Crippen LogP contribution in [0.2, 0.25) is 0 Å². The highest BCUT2D eigenvalue weighted by atomic mass is 32.2. The second kappa shape index (κ2) is 5.70. The molecule has 1 rings (SSSR count). The molecule has 0 aromatic carbocycles. The summed E-state index contributed by atoms with van der Waals surface area (Å²) in [7, 11) is -4.08. The van der Waals surface area contributed by atoms with Crippen molar-refractivity contribution in [2.45, 2.75) is 30.8 Å². The van der Waals surface area contributed by atoms with Gasteiger partial charge in [-0.3, -0.25) is 0 Å². The fourth-order valence-corrected chi connectivity index (χ4v) is 2.43. The first kappa shape index (κ1) is 13.5. The highest BCUT2D eigenvalue weighted by Crippen LogP contribution is 2.11. The molecule has 5 nitrogen and oxygen atoms in total. The van der Waals surface area contributed by atoms with E-state index in [1.807, 2.05) is 13.0 Å². The molecule has 1 aromatic rings. The van der Waals surface area contributed by atoms with E-state index in [1.165, 1.54) is 12.3 Å². The number of sulfonamides is 1. The van der Waals surface area contributed by atoms with E-state index in [2.05, 4.69) is 9.71 Å². The molecule has 0 aliphatic heterocycles. The maximum atomic E-state index is 13.3. The Morgan fingerprint density at radius 2 is 2.35 bits per heavy atom. The molecule has 0 saturated carbocycles. The van der Waals surface area contributed by atoms with Crippen LogP contribution in [-0.4, -0.2) is 19.4 Å². The van der Waals surface area contributed by atoms with Gasteiger partial charge in [0.15, 0.2) is 5.82 Å². The van der Waals surface area contributed by atoms with Crippen molar-refractivity contribution in [1.82, 2.24) is 9.71 Å². The lowest BCUT2D eigenvalue weighted by Gasteiger charge is -2.10. The molecular weight excluding hydrogens is 245 g/mol. The van der Waals surface area contributed by atoms with Gasteiger partial charge < -0.3 is 0 Å². The largest absolute Gasteiger partial charge is 0.262 e. The van der Waals surface area contributed by atoms with Crippen molar-refractivity contribution >= 4 is 10.0 Å². The van der Waals surface area contributed by atoms with Gasteiger partial charge in [-0.25, -0.2) is 17.8 Å². The van der Waals surface area contributed by atoms with Crippen molar-refractivity contribution in [2.24, 2.45) is 0 Å². The predicted molar refractivity (Wildman–Crippen MR) is 58.8 cm³/mol. The molecule has 1 atom stereocenters. The monoisotopic (exact) mass is 257 g/mol. The van der Waals surface area contributed by atoms with E-state index in [-0.39, 0.29) is 0 Å². The highest BCUT2D eigenvalue weighted by molar-refractivity contribution is 7.89. The number of nitriles is 1. The van der Waals surface area contributed by atoms with Crippen LogP contribution in [0.15, 0.2) is 23.4 Å². The van der Waals surface area contributed by atoms with Crippen molar-refractivity contribution in [3.8, 4) is 6.07 Å². The molecule has 0 saturated heterocycles. The summed E-state index contributed by atoms with van der Waals surface area (Å²) in [6.45, 7) is 1.82. The van der Waals surface area contributed by atoms with E-state index in [0.29, 0.717) is 12.8 Å². The SMILES string of the molecule is CCCC(C#N)NS(=O)(=O)c1ncccc1F. The molecule has 1 unspecified atom stereocenters. The van der Waals surface area contributed by atoms with Crippen LogP contribution in [0.3, 0.4) is 0 Å². The van der Waals surface area contributed by atoms with Crippen LogP contribution in [0.4, 0.5) is 4.39 Å². The zero-order valence-corrected chi connectivity index (χ0v) is 10.0. The number of nitrogens with one attached hydrogen (secondary N) is 1. The van der Waals surface area contributed by atoms with Gasteiger partial charge in [0.25, 0.3) is 10.0 Å². The van der Waals surface area contributed by atoms with Crippen molar-refractivity contribution in [1.29, 1.82) is 5.26 Å². The Balaban J connectivity index is 2.98. The van der Waals surface area contributed by atoms with Gasteiger partial charge in [0.1, 0.15) is 6.04 Å². The second-order valence-electron chi connectivity index (χ2n) is 3.38. The minimum atomic E-state index is -4.08. The average Bonchev–Trinajstić information content (AvgIpc) is 2.28. The molecule has 0 aliphatic carbocycles. The third-order valence-electron chi connectivity index (χ3n) is 2.01. The number of rotatable bonds is 5. The van der Waals surface area contributed by atoms with Gasteiger partial charge in [-0.05, 0) is 18.6 Å². The molecule has 0 amide bonds. The molecule has 17 heavy (non-hydrogen) atoms. The maximum absolute atomic E-state index is 13.3. The lowest BCUT2D eigenvalue weighted by Crippen LogP contribution is -2.34. The Hall–Kier alpha value is -1.52. The summed E-state index contributed by atoms with van der Waals surface area (Å²) >= 11 is 0. The van der Waals surface area contributed by atoms with Gasteiger partial charge >= 0.3 is 0 Å². The second-order valence-corrected chi connectivity index (χ2v) is 5.01. The van der Waals surface area contributed by atoms with Crippen LogP contribution < -0.4 is 4.72 Å². The number of aromatic nitrogens is 1. The third-order valence-corrected chi connectivity index (χ3v) is 3.41. The number of pyridine rings is 1. The number of nitrogens with zero attached hydrogens (tertiary/aromatic N) is 2. The molecule has 0 bridgehead atoms. The van der Waals surface area contributed by atoms with Crippen molar-refractivity contribution in [2.75, 3.05) is 0 Å². The van der Waals surface area contributed by atoms with Gasteiger partial charge in [0, 0.05) is 6.20 Å². The van der Waals surface area contributed by atoms with Crippen molar-refractivity contribution in [3.05, 3.63) is 24.1 Å². The van der Waals surface area contributed by atoms with Crippen LogP contribution in [0.5, 0.6) is 0 Å². The molecule has 0 radical (unpaired) electrons. The predicted octanol–water partition coefficient (Wildman–Crippen LogP) is 1.19. The first-order chi connectivity index (χ1) is 8.01. The maximum Gasteiger partial charge on any atom is 0.262 e. The van der Waals surface area contributed by atoms with Gasteiger partial charge in [-0.2, -0.15) is 9.98 Å². The first-order valence-electron chi connectivity index (χ1n) is 5.03. The van der Waals surface area contributed by atoms with E-state index in [4.69, 9.17) is 5.26 Å². The van der Waals surface area contributed by atoms with E-state index >= 15 is 0 Å². The Labute approximate surface area is 99.3 Å². The fourth-order valence-electron chi connectivity index (χ4n) is 1.25. The summed E-state index contributed by atoms with van der Waals surface area (Å²) in [6.07, 6.45) is 2.19. The lowest BCUT2D eigenvalue weighted by atomic mass is 10.2. The fraction of sp³-hybridized carbons (Fsp3) is 0.400. The third kappa shape index (κ3) is 3.47. The first-order valence-corrected chi connectivity index (χ1v) is 6.52. The quantitative estimate of drug-likeness (QED) is 0.858. The minimum absolute atomic E-state index is 0.365. The van der Waals surface area contributed by atoms with Crippen LogP contribution in [0.1, 0.15) is 19.8 Å². The minimum Gasteiger partial charge on any atom is -0.241 e. The summed E-state index contributed by atoms with van der Waals surface area (Å²) in [5, 5.41) is 8.06. The molecule has 7 heteroatoms. The van der Waals surface area contributed by atoms with Gasteiger partial charge in [0.2, 0.25) is 5.03 Å². The zero-order valence-electron chi connectivity index (χ0n) is 9.22. The standard InChI is InChI=1S/C10H12FN3O2S/c1-2-4-8(7-12)14-17(15,16)10-9(11)5-3-6-13-10/h3,5-6,8,14H,2,4H2,1H3. The van der Waals surface area contributed by atoms with Crippen LogP contribution in [0, 0.1) is 17.1 Å². The highest BCUT2D eigenvalue weighted by Gasteiger charge is 2.23. The molecule has 1 heterocycles. The number of hydrogen-bond donors (Lipinski definition) is 1. The van der Waals surface area contributed by atoms with E-state index in [1.54, 1.807) is 0 Å². The summed E-state index contributed by atoms with van der Waals surface area (Å²) < 4.78 is 38.8. The molecule has 92 valence electrons. The van der Waals surface area contributed by atoms with Crippen molar-refractivity contribution in [3.63, 3.8) is 0 Å². The summed E-state index contributed by atoms with van der Waals surface area (Å²) in [5.41, 5.74) is 0. The summed E-state index contributed by atoms with van der Waals surface area (Å²) in [5.74, 6) is -0.937. The molecule has 0 spiro atoms. The average molecular weight is 257 g/mol. The Morgan fingerprint density at radius 1 is 1.65 bits per heavy atom. The van der Waals surface area contributed by atoms with Gasteiger partial charge in [-0.1, -0.05) is 13.3 Å². The van der Waals surface area contributed by atoms with E-state index in [0.717, 1.165) is 6.07 Å². The van der Waals surface area contributed by atoms with Gasteiger partial charge in [0.05, 0.1) is 6.07 Å². The molecular formula is C10H12FN3O2S. The lowest BCUT2D eigenvalue weighted by molar-refractivity contribution is 0.534. The molecule has 1 N–H and O–H groups in total. The van der Waals surface area contributed by atoms with Crippen LogP contribution >= 0.6 is 0 Å². The van der Waals surface area contributed by atoms with E-state index < -0.39 is 26.9 Å². The summed E-state index contributed by atoms with van der Waals surface area (Å²) in [6, 6.07) is 3.24. The Kier molecular flexibility index (Phi) is 4.54. The van der Waals surface area contributed by atoms with E-state index in [9.17, 15) is 12.8 Å². The topological polar surface area (TPSA) is 82.9 Å². The molecule has 0 aliphatic rings. The Morgan fingerprint density at radius 3 is 2.88 bits per heavy atom. The number of hydrogen-bond acceptors (Lipinski definition) is 4. The molecule has 1 aromatic heterocycles. The van der Waals surface area contributed by atoms with Crippen LogP contribution in [0.25, 0.3) is 0 Å². The van der Waals surface area contributed by atoms with Crippen LogP contribution in [-0.2, 0) is 10.0 Å². The smallest absolute Gasteiger partial charge is 0.241 e. The normalized spacial score (nSPS) is 13.0. The van der Waals surface area contributed by atoms with Crippen molar-refractivity contribution < 1.29 is 12.8 Å².